The summed E-state index contributed by atoms with van der Waals surface area (Å²) in [6.45, 7) is 1.87. The molecule has 0 spiro atoms. The molecule has 3 rings (SSSR count). The Hall–Kier alpha value is -2.36. The van der Waals surface area contributed by atoms with E-state index in [4.69, 9.17) is 9.26 Å². The van der Waals surface area contributed by atoms with E-state index < -0.39 is 0 Å². The van der Waals surface area contributed by atoms with Gasteiger partial charge in [0.2, 0.25) is 5.58 Å². The topological polar surface area (TPSA) is 48.2 Å². The molecule has 2 aromatic heterocycles. The van der Waals surface area contributed by atoms with Crippen molar-refractivity contribution in [3.8, 4) is 17.0 Å². The Morgan fingerprint density at radius 1 is 1.17 bits per heavy atom. The molecule has 0 saturated heterocycles. The minimum absolute atomic E-state index is 0.592. The molecule has 4 heteroatoms. The predicted octanol–water partition coefficient (Wildman–Crippen LogP) is 3.21. The molecule has 0 bridgehead atoms. The van der Waals surface area contributed by atoms with Crippen molar-refractivity contribution in [3.05, 3.63) is 42.1 Å². The molecule has 0 atom stereocenters. The Morgan fingerprint density at radius 2 is 1.94 bits per heavy atom. The zero-order valence-electron chi connectivity index (χ0n) is 10.2. The van der Waals surface area contributed by atoms with E-state index in [9.17, 15) is 0 Å². The lowest BCUT2D eigenvalue weighted by Gasteiger charge is -2.04. The SMILES string of the molecule is COc1cc(-c2ccccc2)nc2c(C)noc12. The summed E-state index contributed by atoms with van der Waals surface area (Å²) in [5, 5.41) is 3.92. The summed E-state index contributed by atoms with van der Waals surface area (Å²) >= 11 is 0. The van der Waals surface area contributed by atoms with Gasteiger partial charge in [-0.15, -0.1) is 0 Å². The molecule has 0 amide bonds. The minimum Gasteiger partial charge on any atom is -0.493 e. The molecule has 0 aliphatic rings. The second-order valence-electron chi connectivity index (χ2n) is 4.02. The molecule has 2 heterocycles. The van der Waals surface area contributed by atoms with Crippen molar-refractivity contribution >= 4 is 11.1 Å². The van der Waals surface area contributed by atoms with Gasteiger partial charge >= 0.3 is 0 Å². The number of hydrogen-bond acceptors (Lipinski definition) is 4. The average Bonchev–Trinajstić information content (AvgIpc) is 2.81. The van der Waals surface area contributed by atoms with Gasteiger partial charge < -0.3 is 9.26 Å². The summed E-state index contributed by atoms with van der Waals surface area (Å²) in [7, 11) is 1.61. The van der Waals surface area contributed by atoms with Crippen LogP contribution < -0.4 is 4.74 Å². The predicted molar refractivity (Wildman–Crippen MR) is 68.5 cm³/mol. The van der Waals surface area contributed by atoms with Crippen molar-refractivity contribution in [2.75, 3.05) is 7.11 Å². The van der Waals surface area contributed by atoms with Gasteiger partial charge in [-0.1, -0.05) is 35.5 Å². The molecule has 0 saturated carbocycles. The third-order valence-corrected chi connectivity index (χ3v) is 2.84. The number of aryl methyl sites for hydroxylation is 1. The third kappa shape index (κ3) is 1.62. The smallest absolute Gasteiger partial charge is 0.227 e. The second-order valence-corrected chi connectivity index (χ2v) is 4.02. The van der Waals surface area contributed by atoms with Crippen LogP contribution in [0.4, 0.5) is 0 Å². The molecule has 0 unspecified atom stereocenters. The number of aromatic nitrogens is 2. The molecule has 0 radical (unpaired) electrons. The van der Waals surface area contributed by atoms with Crippen molar-refractivity contribution in [2.24, 2.45) is 0 Å². The van der Waals surface area contributed by atoms with Crippen LogP contribution in [0.15, 0.2) is 40.9 Å². The van der Waals surface area contributed by atoms with Gasteiger partial charge in [-0.2, -0.15) is 0 Å². The van der Waals surface area contributed by atoms with Gasteiger partial charge in [0.25, 0.3) is 0 Å². The number of methoxy groups -OCH3 is 1. The maximum absolute atomic E-state index is 5.33. The fourth-order valence-corrected chi connectivity index (χ4v) is 1.91. The normalized spacial score (nSPS) is 10.8. The molecule has 90 valence electrons. The molecule has 1 aromatic carbocycles. The molecular formula is C14H12N2O2. The van der Waals surface area contributed by atoms with E-state index in [1.807, 2.05) is 43.3 Å². The van der Waals surface area contributed by atoms with E-state index in [2.05, 4.69) is 10.1 Å². The molecular weight excluding hydrogens is 228 g/mol. The number of ether oxygens (including phenoxy) is 1. The van der Waals surface area contributed by atoms with Crippen LogP contribution in [0.2, 0.25) is 0 Å². The van der Waals surface area contributed by atoms with Crippen molar-refractivity contribution < 1.29 is 9.26 Å². The highest BCUT2D eigenvalue weighted by Gasteiger charge is 2.14. The Kier molecular flexibility index (Phi) is 2.48. The van der Waals surface area contributed by atoms with Gasteiger partial charge in [0.15, 0.2) is 5.75 Å². The Bertz CT molecular complexity index is 690. The fourth-order valence-electron chi connectivity index (χ4n) is 1.91. The van der Waals surface area contributed by atoms with Crippen LogP contribution in [0.5, 0.6) is 5.75 Å². The molecule has 0 N–H and O–H groups in total. The van der Waals surface area contributed by atoms with E-state index in [1.165, 1.54) is 0 Å². The van der Waals surface area contributed by atoms with Gasteiger partial charge in [0.05, 0.1) is 12.8 Å². The van der Waals surface area contributed by atoms with Crippen LogP contribution in [0.3, 0.4) is 0 Å². The maximum atomic E-state index is 5.33. The summed E-state index contributed by atoms with van der Waals surface area (Å²) in [4.78, 5) is 4.58. The molecule has 0 aliphatic carbocycles. The summed E-state index contributed by atoms with van der Waals surface area (Å²) in [6.07, 6.45) is 0. The lowest BCUT2D eigenvalue weighted by atomic mass is 10.1. The highest BCUT2D eigenvalue weighted by Crippen LogP contribution is 2.31. The number of nitrogens with zero attached hydrogens (tertiary/aromatic N) is 2. The molecule has 4 nitrogen and oxygen atoms in total. The maximum Gasteiger partial charge on any atom is 0.227 e. The van der Waals surface area contributed by atoms with Gasteiger partial charge in [-0.05, 0) is 6.92 Å². The Morgan fingerprint density at radius 3 is 2.67 bits per heavy atom. The van der Waals surface area contributed by atoms with E-state index in [0.717, 1.165) is 22.5 Å². The summed E-state index contributed by atoms with van der Waals surface area (Å²) in [6, 6.07) is 11.8. The fraction of sp³-hybridized carbons (Fsp3) is 0.143. The summed E-state index contributed by atoms with van der Waals surface area (Å²) < 4.78 is 10.6. The van der Waals surface area contributed by atoms with E-state index >= 15 is 0 Å². The lowest BCUT2D eigenvalue weighted by Crippen LogP contribution is -1.89. The van der Waals surface area contributed by atoms with E-state index in [-0.39, 0.29) is 0 Å². The first-order valence-electron chi connectivity index (χ1n) is 5.66. The van der Waals surface area contributed by atoms with Gasteiger partial charge in [-0.25, -0.2) is 4.98 Å². The van der Waals surface area contributed by atoms with Gasteiger partial charge in [0, 0.05) is 11.6 Å². The van der Waals surface area contributed by atoms with Crippen LogP contribution in [0.25, 0.3) is 22.4 Å². The third-order valence-electron chi connectivity index (χ3n) is 2.84. The first-order chi connectivity index (χ1) is 8.79. The number of rotatable bonds is 2. The first-order valence-corrected chi connectivity index (χ1v) is 5.66. The Balaban J connectivity index is 2.28. The number of pyridine rings is 1. The summed E-state index contributed by atoms with van der Waals surface area (Å²) in [5.74, 6) is 0.652. The quantitative estimate of drug-likeness (QED) is 0.690. The molecule has 3 aromatic rings. The number of hydrogen-bond donors (Lipinski definition) is 0. The molecule has 18 heavy (non-hydrogen) atoms. The standard InChI is InChI=1S/C14H12N2O2/c1-9-13-14(18-16-9)12(17-2)8-11(15-13)10-6-4-3-5-7-10/h3-8H,1-2H3. The van der Waals surface area contributed by atoms with Crippen molar-refractivity contribution in [1.82, 2.24) is 10.1 Å². The minimum atomic E-state index is 0.592. The molecule has 0 fully saturated rings. The van der Waals surface area contributed by atoms with Gasteiger partial charge in [-0.3, -0.25) is 0 Å². The largest absolute Gasteiger partial charge is 0.493 e. The van der Waals surface area contributed by atoms with Gasteiger partial charge in [0.1, 0.15) is 11.2 Å². The van der Waals surface area contributed by atoms with Crippen LogP contribution >= 0.6 is 0 Å². The van der Waals surface area contributed by atoms with Crippen LogP contribution in [-0.2, 0) is 0 Å². The number of benzene rings is 1. The van der Waals surface area contributed by atoms with E-state index in [1.54, 1.807) is 7.11 Å². The summed E-state index contributed by atoms with van der Waals surface area (Å²) in [5.41, 5.74) is 3.99. The van der Waals surface area contributed by atoms with Crippen LogP contribution in [0.1, 0.15) is 5.69 Å². The highest BCUT2D eigenvalue weighted by atomic mass is 16.5. The Labute approximate surface area is 104 Å². The first kappa shape index (κ1) is 10.8. The van der Waals surface area contributed by atoms with Crippen molar-refractivity contribution in [1.29, 1.82) is 0 Å². The number of fused-ring (bicyclic) bond motifs is 1. The highest BCUT2D eigenvalue weighted by molar-refractivity contribution is 5.84. The second kappa shape index (κ2) is 4.14. The van der Waals surface area contributed by atoms with E-state index in [0.29, 0.717) is 11.3 Å². The monoisotopic (exact) mass is 240 g/mol. The van der Waals surface area contributed by atoms with Crippen LogP contribution in [0, 0.1) is 6.92 Å². The zero-order chi connectivity index (χ0) is 12.5. The molecule has 0 aliphatic heterocycles. The van der Waals surface area contributed by atoms with Crippen molar-refractivity contribution in [3.63, 3.8) is 0 Å². The van der Waals surface area contributed by atoms with Crippen LogP contribution in [-0.4, -0.2) is 17.3 Å². The lowest BCUT2D eigenvalue weighted by molar-refractivity contribution is 0.391. The average molecular weight is 240 g/mol. The zero-order valence-corrected chi connectivity index (χ0v) is 10.2. The van der Waals surface area contributed by atoms with Crippen molar-refractivity contribution in [2.45, 2.75) is 6.92 Å².